The first-order valence-corrected chi connectivity index (χ1v) is 14.7. The number of hydrogen-bond donors (Lipinski definition) is 0. The van der Waals surface area contributed by atoms with Gasteiger partial charge < -0.3 is 4.90 Å². The molecule has 0 radical (unpaired) electrons. The summed E-state index contributed by atoms with van der Waals surface area (Å²) in [4.78, 5) is 12.9. The Kier molecular flexibility index (Phi) is 5.40. The number of benzene rings is 6. The lowest BCUT2D eigenvalue weighted by Crippen LogP contribution is -2.14. The molecule has 0 bridgehead atoms. The molecule has 0 saturated carbocycles. The van der Waals surface area contributed by atoms with E-state index in [4.69, 9.17) is 9.97 Å². The fourth-order valence-corrected chi connectivity index (χ4v) is 6.37. The van der Waals surface area contributed by atoms with Crippen LogP contribution in [-0.4, -0.2) is 23.3 Å². The van der Waals surface area contributed by atoms with Gasteiger partial charge in [0.2, 0.25) is 11.6 Å². The fraction of sp³-hybridized carbons (Fsp3) is 0. The lowest BCUT2D eigenvalue weighted by molar-refractivity contribution is 1.02. The van der Waals surface area contributed by atoms with E-state index in [1.807, 2.05) is 12.1 Å². The summed E-state index contributed by atoms with van der Waals surface area (Å²) in [6.45, 7) is 0. The molecule has 0 aliphatic heterocycles. The number of para-hydroxylation sites is 10. The third-order valence-electron chi connectivity index (χ3n) is 8.24. The number of nitrogens with zero attached hydrogens (tertiary/aromatic N) is 6. The van der Waals surface area contributed by atoms with Gasteiger partial charge in [0.05, 0.1) is 44.5 Å². The van der Waals surface area contributed by atoms with Gasteiger partial charge in [-0.15, -0.1) is 0 Å². The lowest BCUT2D eigenvalue weighted by Gasteiger charge is -2.28. The minimum Gasteiger partial charge on any atom is -0.308 e. The number of imidazole rings is 2. The van der Waals surface area contributed by atoms with Crippen molar-refractivity contribution in [1.29, 1.82) is 0 Å². The molecule has 6 heteroatoms. The van der Waals surface area contributed by atoms with Crippen LogP contribution in [0.25, 0.3) is 50.3 Å². The minimum absolute atomic E-state index is 0.779. The van der Waals surface area contributed by atoms with Crippen LogP contribution in [0.2, 0.25) is 0 Å². The van der Waals surface area contributed by atoms with Gasteiger partial charge in [0.15, 0.2) is 0 Å². The van der Waals surface area contributed by atoms with E-state index in [0.29, 0.717) is 0 Å². The van der Waals surface area contributed by atoms with Crippen molar-refractivity contribution >= 4 is 61.7 Å². The van der Waals surface area contributed by atoms with Gasteiger partial charge in [-0.25, -0.2) is 14.5 Å². The van der Waals surface area contributed by atoms with Gasteiger partial charge in [0.1, 0.15) is 0 Å². The number of fused-ring (bicyclic) bond motifs is 9. The Labute approximate surface area is 253 Å². The van der Waals surface area contributed by atoms with Crippen LogP contribution >= 0.6 is 0 Å². The van der Waals surface area contributed by atoms with E-state index in [-0.39, 0.29) is 0 Å². The predicted octanol–water partition coefficient (Wildman–Crippen LogP) is 9.26. The SMILES string of the molecule is c1ccc(N(c2ccccc2)c2ccccc2-n2c3nc4ccccc4n3c3ccccc3n3c4ccccc4nc23)cc1. The fourth-order valence-electron chi connectivity index (χ4n) is 6.37. The molecular weight excluding hydrogens is 540 g/mol. The zero-order valence-electron chi connectivity index (χ0n) is 23.7. The van der Waals surface area contributed by atoms with Crippen LogP contribution in [0, 0.1) is 0 Å². The van der Waals surface area contributed by atoms with Crippen LogP contribution in [0.5, 0.6) is 0 Å². The van der Waals surface area contributed by atoms with Crippen molar-refractivity contribution in [3.8, 4) is 5.69 Å². The molecule has 6 aromatic carbocycles. The van der Waals surface area contributed by atoms with E-state index < -0.39 is 0 Å². The van der Waals surface area contributed by atoms with Crippen LogP contribution in [0.4, 0.5) is 17.1 Å². The quantitative estimate of drug-likeness (QED) is 0.213. The molecule has 0 unspecified atom stereocenters. The van der Waals surface area contributed by atoms with Gasteiger partial charge in [-0.1, -0.05) is 84.9 Å². The molecule has 0 saturated heterocycles. The molecule has 0 N–H and O–H groups in total. The van der Waals surface area contributed by atoms with Crippen molar-refractivity contribution < 1.29 is 0 Å². The molecule has 0 aliphatic carbocycles. The second-order valence-electron chi connectivity index (χ2n) is 10.8. The monoisotopic (exact) mass is 566 g/mol. The Morgan fingerprint density at radius 1 is 0.386 bits per heavy atom. The molecule has 6 nitrogen and oxygen atoms in total. The first-order chi connectivity index (χ1) is 21.9. The summed E-state index contributed by atoms with van der Waals surface area (Å²) in [5.74, 6) is 1.56. The number of aromatic nitrogens is 5. The zero-order chi connectivity index (χ0) is 29.0. The molecule has 3 heterocycles. The van der Waals surface area contributed by atoms with Gasteiger partial charge in [0.25, 0.3) is 0 Å². The van der Waals surface area contributed by atoms with Gasteiger partial charge in [-0.2, -0.15) is 0 Å². The largest absolute Gasteiger partial charge is 0.308 e. The van der Waals surface area contributed by atoms with E-state index >= 15 is 0 Å². The van der Waals surface area contributed by atoms with Crippen molar-refractivity contribution in [2.45, 2.75) is 0 Å². The molecule has 9 rings (SSSR count). The highest BCUT2D eigenvalue weighted by Gasteiger charge is 2.23. The summed E-state index contributed by atoms with van der Waals surface area (Å²) in [6, 6.07) is 54.7. The predicted molar refractivity (Wildman–Crippen MR) is 179 cm³/mol. The van der Waals surface area contributed by atoms with Crippen LogP contribution in [0.15, 0.2) is 158 Å². The Morgan fingerprint density at radius 2 is 0.795 bits per heavy atom. The molecule has 0 fully saturated rings. The average molecular weight is 567 g/mol. The average Bonchev–Trinajstić information content (AvgIpc) is 3.62. The summed E-state index contributed by atoms with van der Waals surface area (Å²) >= 11 is 0. The van der Waals surface area contributed by atoms with Crippen molar-refractivity contribution in [2.24, 2.45) is 0 Å². The second kappa shape index (κ2) is 9.71. The molecule has 0 spiro atoms. The molecule has 44 heavy (non-hydrogen) atoms. The number of rotatable bonds is 4. The zero-order valence-corrected chi connectivity index (χ0v) is 23.7. The summed E-state index contributed by atoms with van der Waals surface area (Å²) in [5.41, 5.74) is 10.1. The highest BCUT2D eigenvalue weighted by atomic mass is 15.3. The smallest absolute Gasteiger partial charge is 0.223 e. The van der Waals surface area contributed by atoms with Crippen LogP contribution < -0.4 is 4.90 Å². The van der Waals surface area contributed by atoms with E-state index in [1.54, 1.807) is 0 Å². The minimum atomic E-state index is 0.779. The van der Waals surface area contributed by atoms with Crippen LogP contribution in [0.1, 0.15) is 0 Å². The van der Waals surface area contributed by atoms with E-state index in [2.05, 4.69) is 164 Å². The van der Waals surface area contributed by atoms with E-state index in [0.717, 1.165) is 67.4 Å². The summed E-state index contributed by atoms with van der Waals surface area (Å²) < 4.78 is 6.74. The Morgan fingerprint density at radius 3 is 1.32 bits per heavy atom. The number of hydrogen-bond acceptors (Lipinski definition) is 3. The molecule has 0 amide bonds. The van der Waals surface area contributed by atoms with Gasteiger partial charge in [-0.3, -0.25) is 8.80 Å². The van der Waals surface area contributed by atoms with Crippen molar-refractivity contribution in [3.05, 3.63) is 158 Å². The molecular formula is C38H26N6. The molecule has 9 aromatic rings. The van der Waals surface area contributed by atoms with Crippen molar-refractivity contribution in [1.82, 2.24) is 23.3 Å². The third-order valence-corrected chi connectivity index (χ3v) is 8.24. The Bertz CT molecular complexity index is 2350. The van der Waals surface area contributed by atoms with Crippen LogP contribution in [-0.2, 0) is 0 Å². The Hall–Kier alpha value is -6.14. The maximum Gasteiger partial charge on any atom is 0.223 e. The highest BCUT2D eigenvalue weighted by molar-refractivity contribution is 5.94. The summed E-state index contributed by atoms with van der Waals surface area (Å²) in [5, 5.41) is 0. The van der Waals surface area contributed by atoms with Gasteiger partial charge in [0, 0.05) is 11.4 Å². The highest BCUT2D eigenvalue weighted by Crippen LogP contribution is 2.39. The van der Waals surface area contributed by atoms with Crippen molar-refractivity contribution in [3.63, 3.8) is 0 Å². The van der Waals surface area contributed by atoms with Gasteiger partial charge in [-0.05, 0) is 72.8 Å². The first-order valence-electron chi connectivity index (χ1n) is 14.7. The van der Waals surface area contributed by atoms with Crippen LogP contribution in [0.3, 0.4) is 0 Å². The standard InChI is InChI=1S/C38H26N6/c1-3-15-27(16-4-1)41(28-17-5-2-6-18-28)33-23-11-14-26-36(33)44-37-39-29-19-7-9-21-31(29)42(37)34-24-12-13-25-35(34)43-32-22-10-8-20-30(32)40-38(43)44/h1-26H. The van der Waals surface area contributed by atoms with E-state index in [9.17, 15) is 0 Å². The number of anilines is 3. The summed E-state index contributed by atoms with van der Waals surface area (Å²) in [7, 11) is 0. The van der Waals surface area contributed by atoms with Gasteiger partial charge >= 0.3 is 0 Å². The lowest BCUT2D eigenvalue weighted by atomic mass is 10.1. The maximum absolute atomic E-state index is 5.30. The summed E-state index contributed by atoms with van der Waals surface area (Å²) in [6.07, 6.45) is 0. The van der Waals surface area contributed by atoms with Crippen molar-refractivity contribution in [2.75, 3.05) is 4.90 Å². The topological polar surface area (TPSA) is 42.8 Å². The molecule has 3 aromatic heterocycles. The molecule has 208 valence electrons. The molecule has 0 aliphatic rings. The maximum atomic E-state index is 5.30. The van der Waals surface area contributed by atoms with E-state index in [1.165, 1.54) is 0 Å². The molecule has 0 atom stereocenters. The normalized spacial score (nSPS) is 11.6. The second-order valence-corrected chi connectivity index (χ2v) is 10.8. The Balaban J connectivity index is 1.52. The first kappa shape index (κ1) is 24.5. The third kappa shape index (κ3) is 3.61.